The van der Waals surface area contributed by atoms with Crippen LogP contribution in [-0.4, -0.2) is 30.1 Å². The Labute approximate surface area is 130 Å². The van der Waals surface area contributed by atoms with Crippen LogP contribution in [0.25, 0.3) is 0 Å². The zero-order valence-corrected chi connectivity index (χ0v) is 13.3. The first kappa shape index (κ1) is 16.0. The zero-order valence-electron chi connectivity index (χ0n) is 12.5. The van der Waals surface area contributed by atoms with Gasteiger partial charge in [-0.15, -0.1) is 0 Å². The third-order valence-corrected chi connectivity index (χ3v) is 4.88. The zero-order chi connectivity index (χ0) is 15.1. The molecule has 0 bridgehead atoms. The molecule has 1 aliphatic rings. The van der Waals surface area contributed by atoms with Gasteiger partial charge < -0.3 is 15.8 Å². The maximum Gasteiger partial charge on any atom is 0.223 e. The summed E-state index contributed by atoms with van der Waals surface area (Å²) in [4.78, 5) is 11.9. The first-order valence-corrected chi connectivity index (χ1v) is 8.76. The van der Waals surface area contributed by atoms with Gasteiger partial charge in [0.1, 0.15) is 5.75 Å². The van der Waals surface area contributed by atoms with Crippen molar-refractivity contribution in [2.24, 2.45) is 0 Å². The number of carbonyl (C=O) groups excluding carboxylic acids is 1. The molecule has 0 saturated heterocycles. The van der Waals surface area contributed by atoms with Gasteiger partial charge in [0.2, 0.25) is 5.91 Å². The van der Waals surface area contributed by atoms with Crippen molar-refractivity contribution in [3.8, 4) is 5.75 Å². The van der Waals surface area contributed by atoms with Crippen LogP contribution >= 0.6 is 11.8 Å². The summed E-state index contributed by atoms with van der Waals surface area (Å²) < 4.78 is 5.54. The number of nitrogens with one attached hydrogen (secondary N) is 1. The largest absolute Gasteiger partial charge is 0.493 e. The average molecular weight is 308 g/mol. The average Bonchev–Trinajstić information content (AvgIpc) is 2.47. The Morgan fingerprint density at radius 3 is 3.10 bits per heavy atom. The van der Waals surface area contributed by atoms with Gasteiger partial charge in [-0.25, -0.2) is 0 Å². The van der Waals surface area contributed by atoms with Crippen molar-refractivity contribution in [2.45, 2.75) is 43.4 Å². The number of hydrogen-bond acceptors (Lipinski definition) is 4. The van der Waals surface area contributed by atoms with Crippen molar-refractivity contribution in [1.82, 2.24) is 5.32 Å². The highest BCUT2D eigenvalue weighted by Crippen LogP contribution is 2.26. The number of benzene rings is 1. The predicted octanol–water partition coefficient (Wildman–Crippen LogP) is 2.83. The van der Waals surface area contributed by atoms with Crippen LogP contribution in [0.15, 0.2) is 24.3 Å². The Morgan fingerprint density at radius 1 is 1.48 bits per heavy atom. The lowest BCUT2D eigenvalue weighted by Crippen LogP contribution is -2.39. The molecule has 5 heteroatoms. The van der Waals surface area contributed by atoms with Crippen LogP contribution in [0.5, 0.6) is 5.75 Å². The van der Waals surface area contributed by atoms with Crippen LogP contribution in [0, 0.1) is 0 Å². The van der Waals surface area contributed by atoms with Crippen LogP contribution in [0.4, 0.5) is 5.69 Å². The van der Waals surface area contributed by atoms with Crippen LogP contribution in [-0.2, 0) is 4.79 Å². The quantitative estimate of drug-likeness (QED) is 0.793. The van der Waals surface area contributed by atoms with Crippen LogP contribution < -0.4 is 15.8 Å². The molecule has 2 unspecified atom stereocenters. The van der Waals surface area contributed by atoms with Crippen molar-refractivity contribution in [1.29, 1.82) is 0 Å². The second-order valence-corrected chi connectivity index (χ2v) is 6.60. The minimum absolute atomic E-state index is 0.0747. The minimum Gasteiger partial charge on any atom is -0.493 e. The van der Waals surface area contributed by atoms with Crippen LogP contribution in [0.2, 0.25) is 0 Å². The number of nitrogen functional groups attached to an aromatic ring is 1. The molecule has 0 heterocycles. The molecule has 1 saturated carbocycles. The molecule has 0 aromatic heterocycles. The standard InChI is InChI=1S/C16H24N2O2S/c1-21-15-7-3-5-13(11-15)18-16(19)8-9-20-14-6-2-4-12(17)10-14/h2,4,6,10,13,15H,3,5,7-9,11,17H2,1H3,(H,18,19). The summed E-state index contributed by atoms with van der Waals surface area (Å²) in [7, 11) is 0. The van der Waals surface area contributed by atoms with E-state index in [0.717, 1.165) is 12.8 Å². The Bertz CT molecular complexity index is 467. The van der Waals surface area contributed by atoms with E-state index >= 15 is 0 Å². The van der Waals surface area contributed by atoms with Crippen molar-refractivity contribution >= 4 is 23.4 Å². The molecule has 1 aliphatic carbocycles. The normalized spacial score (nSPS) is 21.8. The minimum atomic E-state index is 0.0747. The molecule has 1 amide bonds. The lowest BCUT2D eigenvalue weighted by molar-refractivity contribution is -0.122. The monoisotopic (exact) mass is 308 g/mol. The van der Waals surface area contributed by atoms with Gasteiger partial charge in [0.25, 0.3) is 0 Å². The second-order valence-electron chi connectivity index (χ2n) is 5.46. The number of thioether (sulfide) groups is 1. The molecule has 3 N–H and O–H groups in total. The summed E-state index contributed by atoms with van der Waals surface area (Å²) in [6.07, 6.45) is 7.19. The summed E-state index contributed by atoms with van der Waals surface area (Å²) in [6.45, 7) is 0.383. The molecule has 0 radical (unpaired) electrons. The van der Waals surface area contributed by atoms with E-state index in [1.165, 1.54) is 12.8 Å². The van der Waals surface area contributed by atoms with E-state index in [4.69, 9.17) is 10.5 Å². The number of nitrogens with two attached hydrogens (primary N) is 1. The topological polar surface area (TPSA) is 64.3 Å². The Hall–Kier alpha value is -1.36. The molecule has 21 heavy (non-hydrogen) atoms. The number of amides is 1. The molecule has 0 aliphatic heterocycles. The van der Waals surface area contributed by atoms with Gasteiger partial charge >= 0.3 is 0 Å². The van der Waals surface area contributed by atoms with Gasteiger partial charge in [0.15, 0.2) is 0 Å². The van der Waals surface area contributed by atoms with Gasteiger partial charge in [0.05, 0.1) is 13.0 Å². The van der Waals surface area contributed by atoms with Crippen molar-refractivity contribution in [3.63, 3.8) is 0 Å². The number of ether oxygens (including phenoxy) is 1. The summed E-state index contributed by atoms with van der Waals surface area (Å²) in [5.41, 5.74) is 6.35. The number of rotatable bonds is 6. The highest BCUT2D eigenvalue weighted by molar-refractivity contribution is 7.99. The fraction of sp³-hybridized carbons (Fsp3) is 0.562. The molecule has 0 spiro atoms. The van der Waals surface area contributed by atoms with Crippen molar-refractivity contribution in [2.75, 3.05) is 18.6 Å². The molecule has 1 aromatic rings. The maximum absolute atomic E-state index is 11.9. The smallest absolute Gasteiger partial charge is 0.223 e. The van der Waals surface area contributed by atoms with Gasteiger partial charge in [-0.1, -0.05) is 12.5 Å². The fourth-order valence-corrected chi connectivity index (χ4v) is 3.48. The molecule has 1 aromatic carbocycles. The van der Waals surface area contributed by atoms with Crippen LogP contribution in [0.3, 0.4) is 0 Å². The molecule has 4 nitrogen and oxygen atoms in total. The van der Waals surface area contributed by atoms with Gasteiger partial charge in [-0.3, -0.25) is 4.79 Å². The first-order chi connectivity index (χ1) is 10.2. The SMILES string of the molecule is CSC1CCCC(NC(=O)CCOc2cccc(N)c2)C1. The molecule has 116 valence electrons. The summed E-state index contributed by atoms with van der Waals surface area (Å²) in [5, 5.41) is 3.81. The van der Waals surface area contributed by atoms with Gasteiger partial charge in [0, 0.05) is 23.0 Å². The number of anilines is 1. The Kier molecular flexibility index (Phi) is 6.23. The van der Waals surface area contributed by atoms with E-state index in [1.54, 1.807) is 6.07 Å². The lowest BCUT2D eigenvalue weighted by atomic mass is 9.95. The molecule has 1 fully saturated rings. The fourth-order valence-electron chi connectivity index (χ4n) is 2.66. The van der Waals surface area contributed by atoms with Gasteiger partial charge in [-0.05, 0) is 37.7 Å². The molecular weight excluding hydrogens is 284 g/mol. The van der Waals surface area contributed by atoms with Gasteiger partial charge in [-0.2, -0.15) is 11.8 Å². The van der Waals surface area contributed by atoms with E-state index in [9.17, 15) is 4.79 Å². The maximum atomic E-state index is 11.9. The van der Waals surface area contributed by atoms with Crippen LogP contribution in [0.1, 0.15) is 32.1 Å². The summed E-state index contributed by atoms with van der Waals surface area (Å²) in [5.74, 6) is 0.786. The van der Waals surface area contributed by atoms with E-state index in [1.807, 2.05) is 30.0 Å². The number of hydrogen-bond donors (Lipinski definition) is 2. The van der Waals surface area contributed by atoms with E-state index in [-0.39, 0.29) is 5.91 Å². The third kappa shape index (κ3) is 5.50. The molecular formula is C16H24N2O2S. The van der Waals surface area contributed by atoms with E-state index in [2.05, 4.69) is 11.6 Å². The van der Waals surface area contributed by atoms with E-state index in [0.29, 0.717) is 35.8 Å². The molecule has 2 atom stereocenters. The van der Waals surface area contributed by atoms with E-state index < -0.39 is 0 Å². The summed E-state index contributed by atoms with van der Waals surface area (Å²) in [6, 6.07) is 7.59. The lowest BCUT2D eigenvalue weighted by Gasteiger charge is -2.28. The van der Waals surface area contributed by atoms with Crippen molar-refractivity contribution < 1.29 is 9.53 Å². The Balaban J connectivity index is 1.67. The predicted molar refractivity (Wildman–Crippen MR) is 88.7 cm³/mol. The second kappa shape index (κ2) is 8.17. The first-order valence-electron chi connectivity index (χ1n) is 7.48. The Morgan fingerprint density at radius 2 is 2.33 bits per heavy atom. The van der Waals surface area contributed by atoms with Crippen molar-refractivity contribution in [3.05, 3.63) is 24.3 Å². The highest BCUT2D eigenvalue weighted by Gasteiger charge is 2.22. The summed E-state index contributed by atoms with van der Waals surface area (Å²) >= 11 is 1.91. The number of carbonyl (C=O) groups is 1. The highest BCUT2D eigenvalue weighted by atomic mass is 32.2. The molecule has 2 rings (SSSR count). The third-order valence-electron chi connectivity index (χ3n) is 3.78.